The van der Waals surface area contributed by atoms with Gasteiger partial charge >= 0.3 is 18.3 Å². The van der Waals surface area contributed by atoms with E-state index < -0.39 is 24.2 Å². The highest BCUT2D eigenvalue weighted by Crippen LogP contribution is 2.29. The van der Waals surface area contributed by atoms with E-state index in [4.69, 9.17) is 9.47 Å². The smallest absolute Gasteiger partial charge is 0.476 e. The topological polar surface area (TPSA) is 150 Å². The van der Waals surface area contributed by atoms with E-state index in [9.17, 15) is 24.3 Å². The molecule has 0 radical (unpaired) electrons. The van der Waals surface area contributed by atoms with Crippen molar-refractivity contribution in [2.24, 2.45) is 5.10 Å². The second-order valence-electron chi connectivity index (χ2n) is 5.35. The third-order valence-corrected chi connectivity index (χ3v) is 3.44. The van der Waals surface area contributed by atoms with E-state index in [1.54, 1.807) is 18.2 Å². The van der Waals surface area contributed by atoms with E-state index in [-0.39, 0.29) is 28.3 Å². The summed E-state index contributed by atoms with van der Waals surface area (Å²) in [6.07, 6.45) is -2.21. The Kier molecular flexibility index (Phi) is 7.46. The molecule has 0 unspecified atom stereocenters. The molecular weight excluding hydrogens is 400 g/mol. The minimum atomic E-state index is -1.35. The monoisotopic (exact) mass is 416 g/mol. The average Bonchev–Trinajstić information content (AvgIpc) is 2.75. The maximum Gasteiger partial charge on any atom is 0.513 e. The van der Waals surface area contributed by atoms with E-state index in [0.29, 0.717) is 0 Å². The van der Waals surface area contributed by atoms with Gasteiger partial charge in [-0.15, -0.1) is 0 Å². The summed E-state index contributed by atoms with van der Waals surface area (Å²) in [4.78, 5) is 46.5. The fourth-order valence-corrected chi connectivity index (χ4v) is 2.08. The fraction of sp³-hybridized carbons (Fsp3) is 0.105. The van der Waals surface area contributed by atoms with Crippen LogP contribution in [0.1, 0.15) is 15.9 Å². The van der Waals surface area contributed by atoms with Crippen LogP contribution in [-0.4, -0.2) is 49.2 Å². The molecule has 0 saturated carbocycles. The van der Waals surface area contributed by atoms with E-state index >= 15 is 0 Å². The van der Waals surface area contributed by atoms with E-state index in [2.05, 4.69) is 20.0 Å². The van der Waals surface area contributed by atoms with Crippen molar-refractivity contribution in [3.8, 4) is 11.5 Å². The van der Waals surface area contributed by atoms with Gasteiger partial charge in [-0.3, -0.25) is 4.79 Å². The van der Waals surface area contributed by atoms with Crippen LogP contribution in [0.4, 0.5) is 9.59 Å². The van der Waals surface area contributed by atoms with Crippen LogP contribution in [0.3, 0.4) is 0 Å². The highest BCUT2D eigenvalue weighted by molar-refractivity contribution is 6.42. The van der Waals surface area contributed by atoms with E-state index in [0.717, 1.165) is 20.3 Å². The Hall–Kier alpha value is -4.41. The normalized spacial score (nSPS) is 10.5. The molecule has 156 valence electrons. The van der Waals surface area contributed by atoms with Crippen molar-refractivity contribution in [2.45, 2.75) is 0 Å². The molecule has 0 aliphatic rings. The molecule has 0 aliphatic carbocycles. The van der Waals surface area contributed by atoms with Crippen molar-refractivity contribution in [1.82, 2.24) is 5.43 Å². The number of nitrogens with one attached hydrogen (secondary N) is 1. The summed E-state index contributed by atoms with van der Waals surface area (Å²) in [6, 6.07) is 11.4. The molecule has 0 aromatic heterocycles. The van der Waals surface area contributed by atoms with Gasteiger partial charge in [0.1, 0.15) is 0 Å². The van der Waals surface area contributed by atoms with Crippen molar-refractivity contribution < 1.29 is 43.2 Å². The molecule has 0 saturated heterocycles. The molecule has 0 aliphatic heterocycles. The van der Waals surface area contributed by atoms with Crippen LogP contribution < -0.4 is 14.9 Å². The minimum Gasteiger partial charge on any atom is -0.476 e. The molecule has 2 N–H and O–H groups in total. The van der Waals surface area contributed by atoms with Crippen molar-refractivity contribution >= 4 is 29.9 Å². The van der Waals surface area contributed by atoms with Crippen LogP contribution in [0.5, 0.6) is 11.5 Å². The Morgan fingerprint density at radius 3 is 2.00 bits per heavy atom. The van der Waals surface area contributed by atoms with E-state index in [1.807, 2.05) is 0 Å². The minimum absolute atomic E-state index is 0.0762. The fourth-order valence-electron chi connectivity index (χ4n) is 2.08. The molecule has 0 bridgehead atoms. The third-order valence-electron chi connectivity index (χ3n) is 3.44. The zero-order chi connectivity index (χ0) is 22.1. The summed E-state index contributed by atoms with van der Waals surface area (Å²) >= 11 is 0. The molecule has 0 heterocycles. The Morgan fingerprint density at radius 1 is 0.833 bits per heavy atom. The Bertz CT molecular complexity index is 987. The van der Waals surface area contributed by atoms with Gasteiger partial charge in [0.25, 0.3) is 5.91 Å². The zero-order valence-electron chi connectivity index (χ0n) is 15.8. The average molecular weight is 416 g/mol. The molecule has 2 aromatic carbocycles. The number of aliphatic carboxylic acids is 1. The predicted molar refractivity (Wildman–Crippen MR) is 101 cm³/mol. The number of benzene rings is 2. The lowest BCUT2D eigenvalue weighted by atomic mass is 10.1. The number of hydrogen-bond donors (Lipinski definition) is 2. The quantitative estimate of drug-likeness (QED) is 0.313. The number of hydrogen-bond acceptors (Lipinski definition) is 9. The third kappa shape index (κ3) is 5.79. The predicted octanol–water partition coefficient (Wildman–Crippen LogP) is 2.20. The second-order valence-corrected chi connectivity index (χ2v) is 5.35. The number of methoxy groups -OCH3 is 2. The van der Waals surface area contributed by atoms with Crippen LogP contribution in [0.15, 0.2) is 53.6 Å². The Balaban J connectivity index is 2.29. The van der Waals surface area contributed by atoms with Gasteiger partial charge in [0.15, 0.2) is 17.2 Å². The van der Waals surface area contributed by atoms with Gasteiger partial charge in [0.2, 0.25) is 0 Å². The number of hydrazone groups is 1. The molecule has 2 rings (SSSR count). The standard InChI is InChI=1S/C19H16N2O9/c1-27-18(25)29-13-9-8-12(10-14(13)30-19(26)28-2)16(22)21-20-15(17(23)24)11-6-4-3-5-7-11/h3-10H,1-2H3,(H,21,22)(H,23,24). The molecule has 0 spiro atoms. The van der Waals surface area contributed by atoms with Gasteiger partial charge in [-0.25, -0.2) is 19.8 Å². The summed E-state index contributed by atoms with van der Waals surface area (Å²) in [7, 11) is 2.14. The highest BCUT2D eigenvalue weighted by atomic mass is 16.7. The maximum absolute atomic E-state index is 12.4. The SMILES string of the molecule is COC(=O)Oc1ccc(C(=O)NN=C(C(=O)O)c2ccccc2)cc1OC(=O)OC. The number of rotatable bonds is 6. The number of carbonyl (C=O) groups excluding carboxylic acids is 3. The zero-order valence-corrected chi connectivity index (χ0v) is 15.8. The van der Waals surface area contributed by atoms with Gasteiger partial charge < -0.3 is 24.1 Å². The van der Waals surface area contributed by atoms with E-state index in [1.165, 1.54) is 24.3 Å². The molecule has 11 nitrogen and oxygen atoms in total. The lowest BCUT2D eigenvalue weighted by Gasteiger charge is -2.10. The van der Waals surface area contributed by atoms with Crippen molar-refractivity contribution in [3.05, 3.63) is 59.7 Å². The van der Waals surface area contributed by atoms with Crippen molar-refractivity contribution in [3.63, 3.8) is 0 Å². The lowest BCUT2D eigenvalue weighted by molar-refractivity contribution is -0.129. The van der Waals surface area contributed by atoms with Crippen LogP contribution >= 0.6 is 0 Å². The summed E-state index contributed by atoms with van der Waals surface area (Å²) in [5.41, 5.74) is 1.92. The molecule has 11 heteroatoms. The second kappa shape index (κ2) is 10.2. The first-order chi connectivity index (χ1) is 14.3. The first-order valence-corrected chi connectivity index (χ1v) is 8.18. The van der Waals surface area contributed by atoms with Gasteiger partial charge in [-0.1, -0.05) is 30.3 Å². The molecule has 0 atom stereocenters. The van der Waals surface area contributed by atoms with Gasteiger partial charge in [-0.05, 0) is 18.2 Å². The molecule has 2 aromatic rings. The Labute approximate surface area is 169 Å². The van der Waals surface area contributed by atoms with Crippen molar-refractivity contribution in [1.29, 1.82) is 0 Å². The number of nitrogens with zero attached hydrogens (tertiary/aromatic N) is 1. The van der Waals surface area contributed by atoms with Crippen LogP contribution in [0, 0.1) is 0 Å². The summed E-state index contributed by atoms with van der Waals surface area (Å²) in [5, 5.41) is 13.0. The van der Waals surface area contributed by atoms with Gasteiger partial charge in [0, 0.05) is 11.1 Å². The summed E-state index contributed by atoms with van der Waals surface area (Å²) < 4.78 is 18.4. The molecule has 1 amide bonds. The van der Waals surface area contributed by atoms with Crippen LogP contribution in [0.2, 0.25) is 0 Å². The first-order valence-electron chi connectivity index (χ1n) is 8.18. The number of carboxylic acid groups (broad SMARTS) is 1. The summed E-state index contributed by atoms with van der Waals surface area (Å²) in [5.74, 6) is -2.70. The molecule has 0 fully saturated rings. The van der Waals surface area contributed by atoms with Gasteiger partial charge in [0.05, 0.1) is 14.2 Å². The largest absolute Gasteiger partial charge is 0.513 e. The van der Waals surface area contributed by atoms with Crippen molar-refractivity contribution in [2.75, 3.05) is 14.2 Å². The Morgan fingerprint density at radius 2 is 1.43 bits per heavy atom. The number of carboxylic acids is 1. The number of ether oxygens (including phenoxy) is 4. The van der Waals surface area contributed by atoms with Gasteiger partial charge in [-0.2, -0.15) is 5.10 Å². The summed E-state index contributed by atoms with van der Waals surface area (Å²) in [6.45, 7) is 0. The first kappa shape index (κ1) is 21.9. The molecular formula is C19H16N2O9. The molecule has 30 heavy (non-hydrogen) atoms. The maximum atomic E-state index is 12.4. The number of amides is 1. The highest BCUT2D eigenvalue weighted by Gasteiger charge is 2.18. The van der Waals surface area contributed by atoms with Crippen LogP contribution in [0.25, 0.3) is 0 Å². The number of carbonyl (C=O) groups is 4. The lowest BCUT2D eigenvalue weighted by Crippen LogP contribution is -2.24. The van der Waals surface area contributed by atoms with Crippen LogP contribution in [-0.2, 0) is 14.3 Å².